The van der Waals surface area contributed by atoms with E-state index in [0.29, 0.717) is 31.3 Å². The molecule has 21 nitrogen and oxygen atoms in total. The van der Waals surface area contributed by atoms with Gasteiger partial charge in [-0.05, 0) is 50.7 Å². The van der Waals surface area contributed by atoms with Crippen LogP contribution in [0.5, 0.6) is 23.0 Å². The molecular formula is C45H63I6O21S3-. The van der Waals surface area contributed by atoms with E-state index in [1.807, 2.05) is 21.6 Å². The van der Waals surface area contributed by atoms with E-state index < -0.39 is 128 Å². The number of aliphatic carboxylic acids is 1. The van der Waals surface area contributed by atoms with Gasteiger partial charge in [0.05, 0.1) is 42.1 Å². The van der Waals surface area contributed by atoms with Gasteiger partial charge in [-0.3, -0.25) is 9.59 Å². The molecule has 75 heavy (non-hydrogen) atoms. The monoisotopic (exact) mass is 1800 g/mol. The summed E-state index contributed by atoms with van der Waals surface area (Å²) in [6.45, 7) is -0.271. The van der Waals surface area contributed by atoms with Gasteiger partial charge in [0.25, 0.3) is 0 Å². The van der Waals surface area contributed by atoms with Crippen molar-refractivity contribution in [2.75, 3.05) is 19.0 Å². The maximum Gasteiger partial charge on any atom is 0.339 e. The molecule has 0 saturated carbocycles. The fraction of sp³-hybridized carbons (Fsp3) is 0.644. The molecule has 7 rings (SSSR count). The molecule has 0 bridgehead atoms. The maximum absolute atomic E-state index is 12.4. The molecule has 0 aliphatic carbocycles. The first-order valence-corrected chi connectivity index (χ1v) is 44.8. The van der Waals surface area contributed by atoms with Crippen molar-refractivity contribution in [3.8, 4) is 23.0 Å². The van der Waals surface area contributed by atoms with E-state index in [9.17, 15) is 75.3 Å². The predicted octanol–water partition coefficient (Wildman–Crippen LogP) is 3.73. The number of benzene rings is 2. The van der Waals surface area contributed by atoms with Crippen molar-refractivity contribution in [1.82, 2.24) is 0 Å². The van der Waals surface area contributed by atoms with Gasteiger partial charge in [-0.25, -0.2) is 9.59 Å². The SMILES string of the molecule is CCCC(S)CCCCC(=O)OCC1OC2c3c(cc(O)c(CO)c3O)C(=O)OC2C(O)C1O.I.II.I[I-]I.O=C(O)CCCCC1CCSS1.O=C1OC2C(OC(CO)C(O)C2O)c2c1cc(O)c(CO)c2O. The maximum atomic E-state index is 12.4. The van der Waals surface area contributed by atoms with Crippen molar-refractivity contribution in [2.24, 2.45) is 0 Å². The van der Waals surface area contributed by atoms with Crippen molar-refractivity contribution in [3.63, 3.8) is 0 Å². The number of fused-ring (bicyclic) bond motifs is 6. The van der Waals surface area contributed by atoms with Gasteiger partial charge < -0.3 is 85.0 Å². The number of aliphatic hydroxyl groups excluding tert-OH is 7. The van der Waals surface area contributed by atoms with Crippen LogP contribution in [0.3, 0.4) is 0 Å². The first-order valence-electron chi connectivity index (χ1n) is 23.1. The Bertz CT molecular complexity index is 2130. The van der Waals surface area contributed by atoms with E-state index in [1.54, 1.807) is 0 Å². The number of phenols is 4. The minimum atomic E-state index is -1.59. The molecule has 0 spiro atoms. The number of hydrogen-bond donors (Lipinski definition) is 13. The molecule has 2 aromatic carbocycles. The van der Waals surface area contributed by atoms with Gasteiger partial charge in [0, 0.05) is 77.5 Å². The Morgan fingerprint density at radius 3 is 1.69 bits per heavy atom. The van der Waals surface area contributed by atoms with Crippen LogP contribution in [0.15, 0.2) is 12.1 Å². The van der Waals surface area contributed by atoms with Crippen molar-refractivity contribution in [1.29, 1.82) is 0 Å². The van der Waals surface area contributed by atoms with E-state index in [2.05, 4.69) is 94.0 Å². The summed E-state index contributed by atoms with van der Waals surface area (Å²) in [5.41, 5.74) is -0.961. The van der Waals surface area contributed by atoms with Gasteiger partial charge in [0.1, 0.15) is 78.4 Å². The molecule has 430 valence electrons. The quantitative estimate of drug-likeness (QED) is 0.0268. The number of carbonyl (C=O) groups is 4. The van der Waals surface area contributed by atoms with Crippen LogP contribution in [0.1, 0.15) is 133 Å². The number of ether oxygens (including phenoxy) is 5. The van der Waals surface area contributed by atoms with Crippen LogP contribution in [0, 0.1) is 0 Å². The van der Waals surface area contributed by atoms with Crippen LogP contribution in [0.2, 0.25) is 0 Å². The van der Waals surface area contributed by atoms with Crippen LogP contribution in [-0.4, -0.2) is 163 Å². The number of thiol groups is 1. The smallest absolute Gasteiger partial charge is 0.339 e. The summed E-state index contributed by atoms with van der Waals surface area (Å²) < 4.78 is 26.7. The molecule has 0 radical (unpaired) electrons. The van der Waals surface area contributed by atoms with Crippen molar-refractivity contribution < 1.29 is 117 Å². The van der Waals surface area contributed by atoms with Gasteiger partial charge in [0.2, 0.25) is 0 Å². The molecule has 2 aromatic rings. The van der Waals surface area contributed by atoms with Crippen LogP contribution >= 0.6 is 133 Å². The Balaban J connectivity index is 0.000000403. The van der Waals surface area contributed by atoms with Crippen LogP contribution in [0.25, 0.3) is 0 Å². The molecule has 30 heteroatoms. The van der Waals surface area contributed by atoms with Crippen LogP contribution < -0.4 is 13.3 Å². The number of unbranched alkanes of at least 4 members (excludes halogenated alkanes) is 2. The van der Waals surface area contributed by atoms with E-state index >= 15 is 0 Å². The molecule has 0 aromatic heterocycles. The summed E-state index contributed by atoms with van der Waals surface area (Å²) in [6.07, 6.45) is -4.09. The summed E-state index contributed by atoms with van der Waals surface area (Å²) in [6, 6.07) is 2.05. The topological polar surface area (TPSA) is 357 Å². The number of rotatable bonds is 17. The average Bonchev–Trinajstić information content (AvgIpc) is 3.90. The minimum Gasteiger partial charge on any atom is -0.507 e. The molecule has 12 N–H and O–H groups in total. The molecule has 3 fully saturated rings. The van der Waals surface area contributed by atoms with Crippen molar-refractivity contribution >= 4 is 157 Å². The second-order valence-corrected chi connectivity index (χ2v) is 36.9. The zero-order valence-electron chi connectivity index (χ0n) is 40.0. The number of carboxylic acids is 1. The first-order chi connectivity index (χ1) is 35.3. The molecule has 5 heterocycles. The molecule has 12 atom stereocenters. The van der Waals surface area contributed by atoms with Gasteiger partial charge in [-0.15, -0.1) is 24.0 Å². The minimum absolute atomic E-state index is 0. The summed E-state index contributed by atoms with van der Waals surface area (Å²) in [7, 11) is 3.92. The molecule has 5 aliphatic heterocycles. The molecule has 12 unspecified atom stereocenters. The van der Waals surface area contributed by atoms with Crippen molar-refractivity contribution in [3.05, 3.63) is 45.5 Å². The van der Waals surface area contributed by atoms with E-state index in [-0.39, 0.29) is 70.4 Å². The third kappa shape index (κ3) is 20.2. The standard InChI is InChI=1S/C23H32O10S.C14H16O9.C8H14O2S2.I3.I2.HI/c1-2-5-11(34)6-3-4-7-16(26)31-10-15-19(28)20(29)22-21(32-15)17-12(23(30)33-22)8-14(25)13(9-24)18(17)27;15-2-5-6(17)1-4-8(9(5)18)12-13(23-14(4)21)11(20)10(19)7(3-16)22-12;9-8(10)4-2-1-3-7-5-6-11-12-7;1-3-2;1-2;/h8,11,15,19-22,24-25,27-29,34H,2-7,9-10H2,1H3;1,7,10-13,15-20H,2-3H2;7H,1-6H2,(H,9,10);;;1H/q;;;-1;;. The largest absolute Gasteiger partial charge is 0.507 e. The first kappa shape index (κ1) is 71.7. The van der Waals surface area contributed by atoms with Gasteiger partial charge in [-0.2, -0.15) is 12.6 Å². The Kier molecular flexibility index (Phi) is 35.3. The predicted molar refractivity (Wildman–Crippen MR) is 319 cm³/mol. The number of carboxylic acid groups (broad SMARTS) is 1. The van der Waals surface area contributed by atoms with E-state index in [0.717, 1.165) is 55.9 Å². The third-order valence-corrected chi connectivity index (χ3v) is 15.8. The molecular weight excluding hydrogens is 1730 g/mol. The Labute approximate surface area is 517 Å². The summed E-state index contributed by atoms with van der Waals surface area (Å²) in [5, 5.41) is 119. The second-order valence-electron chi connectivity index (χ2n) is 17.2. The van der Waals surface area contributed by atoms with Gasteiger partial charge >= 0.3 is 74.4 Å². The summed E-state index contributed by atoms with van der Waals surface area (Å²) in [4.78, 5) is 46.7. The van der Waals surface area contributed by atoms with E-state index in [1.165, 1.54) is 18.6 Å². The number of halogens is 6. The summed E-state index contributed by atoms with van der Waals surface area (Å²) >= 11 is 14.0. The number of carbonyl (C=O) groups excluding carboxylic acids is 3. The summed E-state index contributed by atoms with van der Waals surface area (Å²) in [5.74, 6) is -3.86. The Hall–Kier alpha value is 0.590. The van der Waals surface area contributed by atoms with Crippen LogP contribution in [-0.2, 0) is 46.5 Å². The molecule has 3 saturated heterocycles. The average molecular weight is 1800 g/mol. The third-order valence-electron chi connectivity index (χ3n) is 12.3. The number of aromatic hydroxyl groups is 4. The molecule has 0 amide bonds. The number of esters is 3. The van der Waals surface area contributed by atoms with Gasteiger partial charge in [0.15, 0.2) is 12.2 Å². The fourth-order valence-electron chi connectivity index (χ4n) is 8.51. The zero-order chi connectivity index (χ0) is 55.4. The fourth-order valence-corrected chi connectivity index (χ4v) is 12.0. The normalized spacial score (nSPS) is 26.3. The zero-order valence-corrected chi connectivity index (χ0v) is 55.6. The Morgan fingerprint density at radius 1 is 0.773 bits per heavy atom. The number of hydrogen-bond acceptors (Lipinski definition) is 23. The van der Waals surface area contributed by atoms with Gasteiger partial charge in [-0.1, -0.05) is 47.8 Å². The Morgan fingerprint density at radius 2 is 1.25 bits per heavy atom. The van der Waals surface area contributed by atoms with Crippen LogP contribution in [0.4, 0.5) is 0 Å². The van der Waals surface area contributed by atoms with Crippen molar-refractivity contribution in [2.45, 2.75) is 162 Å². The molecule has 5 aliphatic rings. The second kappa shape index (κ2) is 36.9. The number of aliphatic hydroxyl groups is 7. The van der Waals surface area contributed by atoms with E-state index in [4.69, 9.17) is 28.8 Å².